The molecular formula is C12H14N2O4S. The standard InChI is InChI=1S/C12H14N2O4S/c1-9-12(18-8-13-9)7-14-19(15,16)11-5-3-4-10(6-11)17-2/h3-6,8,14H,7H2,1-2H3. The van der Waals surface area contributed by atoms with Gasteiger partial charge in [0.2, 0.25) is 10.0 Å². The molecule has 0 unspecified atom stereocenters. The molecule has 0 atom stereocenters. The molecule has 1 heterocycles. The molecule has 7 heteroatoms. The Hall–Kier alpha value is -1.86. The molecule has 0 spiro atoms. The fourth-order valence-corrected chi connectivity index (χ4v) is 2.52. The number of oxazole rings is 1. The summed E-state index contributed by atoms with van der Waals surface area (Å²) in [6, 6.07) is 6.25. The highest BCUT2D eigenvalue weighted by molar-refractivity contribution is 7.89. The van der Waals surface area contributed by atoms with Gasteiger partial charge in [0.25, 0.3) is 0 Å². The van der Waals surface area contributed by atoms with Crippen LogP contribution in [-0.4, -0.2) is 20.5 Å². The summed E-state index contributed by atoms with van der Waals surface area (Å²) in [7, 11) is -2.12. The molecule has 0 bridgehead atoms. The molecule has 0 fully saturated rings. The van der Waals surface area contributed by atoms with Gasteiger partial charge in [0.1, 0.15) is 11.5 Å². The third-order valence-electron chi connectivity index (χ3n) is 2.62. The molecule has 0 aliphatic carbocycles. The van der Waals surface area contributed by atoms with Crippen molar-refractivity contribution in [1.29, 1.82) is 0 Å². The number of sulfonamides is 1. The number of rotatable bonds is 5. The molecule has 0 saturated heterocycles. The van der Waals surface area contributed by atoms with Crippen LogP contribution in [0.2, 0.25) is 0 Å². The van der Waals surface area contributed by atoms with Crippen molar-refractivity contribution in [3.63, 3.8) is 0 Å². The minimum atomic E-state index is -3.60. The van der Waals surface area contributed by atoms with Crippen molar-refractivity contribution in [1.82, 2.24) is 9.71 Å². The number of hydrogen-bond donors (Lipinski definition) is 1. The lowest BCUT2D eigenvalue weighted by molar-refractivity contribution is 0.413. The minimum absolute atomic E-state index is 0.0609. The van der Waals surface area contributed by atoms with Gasteiger partial charge in [0, 0.05) is 6.07 Å². The van der Waals surface area contributed by atoms with E-state index in [-0.39, 0.29) is 11.4 Å². The fourth-order valence-electron chi connectivity index (χ4n) is 1.51. The van der Waals surface area contributed by atoms with E-state index in [0.717, 1.165) is 0 Å². The molecule has 0 saturated carbocycles. The van der Waals surface area contributed by atoms with Crippen LogP contribution >= 0.6 is 0 Å². The summed E-state index contributed by atoms with van der Waals surface area (Å²) in [6.45, 7) is 1.81. The van der Waals surface area contributed by atoms with E-state index in [1.807, 2.05) is 0 Å². The van der Waals surface area contributed by atoms with Crippen molar-refractivity contribution in [2.45, 2.75) is 18.4 Å². The number of aromatic nitrogens is 1. The average molecular weight is 282 g/mol. The summed E-state index contributed by atoms with van der Waals surface area (Å²) >= 11 is 0. The average Bonchev–Trinajstić information content (AvgIpc) is 2.82. The molecule has 0 radical (unpaired) electrons. The van der Waals surface area contributed by atoms with E-state index >= 15 is 0 Å². The van der Waals surface area contributed by atoms with Crippen molar-refractivity contribution < 1.29 is 17.6 Å². The van der Waals surface area contributed by atoms with Crippen LogP contribution in [0.1, 0.15) is 11.5 Å². The summed E-state index contributed by atoms with van der Waals surface area (Å²) < 4.78 is 36.7. The topological polar surface area (TPSA) is 81.4 Å². The molecule has 0 aliphatic heterocycles. The van der Waals surface area contributed by atoms with Crippen LogP contribution < -0.4 is 9.46 Å². The van der Waals surface area contributed by atoms with Crippen LogP contribution in [0.5, 0.6) is 5.75 Å². The summed E-state index contributed by atoms with van der Waals surface area (Å²) in [5.41, 5.74) is 0.661. The Morgan fingerprint density at radius 3 is 2.84 bits per heavy atom. The Bertz CT molecular complexity index is 664. The van der Waals surface area contributed by atoms with Gasteiger partial charge < -0.3 is 9.15 Å². The predicted octanol–water partition coefficient (Wildman–Crippen LogP) is 1.47. The quantitative estimate of drug-likeness (QED) is 0.898. The SMILES string of the molecule is COc1cccc(S(=O)(=O)NCc2ocnc2C)c1. The first-order valence-electron chi connectivity index (χ1n) is 5.55. The van der Waals surface area contributed by atoms with E-state index in [0.29, 0.717) is 17.2 Å². The molecule has 1 aromatic heterocycles. The van der Waals surface area contributed by atoms with Crippen LogP contribution in [-0.2, 0) is 16.6 Å². The summed E-state index contributed by atoms with van der Waals surface area (Å²) in [4.78, 5) is 4.04. The minimum Gasteiger partial charge on any atom is -0.497 e. The first kappa shape index (κ1) is 13.6. The highest BCUT2D eigenvalue weighted by atomic mass is 32.2. The highest BCUT2D eigenvalue weighted by Gasteiger charge is 2.16. The fraction of sp³-hybridized carbons (Fsp3) is 0.250. The lowest BCUT2D eigenvalue weighted by Crippen LogP contribution is -2.23. The lowest BCUT2D eigenvalue weighted by Gasteiger charge is -2.07. The van der Waals surface area contributed by atoms with Crippen LogP contribution in [0, 0.1) is 6.92 Å². The van der Waals surface area contributed by atoms with Crippen molar-refractivity contribution in [3.8, 4) is 5.75 Å². The van der Waals surface area contributed by atoms with Gasteiger partial charge in [-0.2, -0.15) is 0 Å². The molecule has 6 nitrogen and oxygen atoms in total. The third-order valence-corrected chi connectivity index (χ3v) is 4.02. The van der Waals surface area contributed by atoms with E-state index in [2.05, 4.69) is 9.71 Å². The van der Waals surface area contributed by atoms with Crippen LogP contribution in [0.15, 0.2) is 40.0 Å². The maximum atomic E-state index is 12.1. The lowest BCUT2D eigenvalue weighted by atomic mass is 10.3. The van der Waals surface area contributed by atoms with E-state index in [1.165, 1.54) is 25.6 Å². The number of nitrogens with one attached hydrogen (secondary N) is 1. The van der Waals surface area contributed by atoms with Crippen molar-refractivity contribution in [2.75, 3.05) is 7.11 Å². The van der Waals surface area contributed by atoms with Gasteiger partial charge in [0.05, 0.1) is 24.2 Å². The molecule has 102 valence electrons. The molecule has 2 rings (SSSR count). The summed E-state index contributed by atoms with van der Waals surface area (Å²) in [5, 5.41) is 0. The van der Waals surface area contributed by atoms with Gasteiger partial charge in [-0.15, -0.1) is 0 Å². The molecule has 1 N–H and O–H groups in total. The maximum Gasteiger partial charge on any atom is 0.241 e. The zero-order chi connectivity index (χ0) is 13.9. The normalized spacial score (nSPS) is 11.5. The van der Waals surface area contributed by atoms with Crippen LogP contribution in [0.3, 0.4) is 0 Å². The maximum absolute atomic E-state index is 12.1. The Morgan fingerprint density at radius 1 is 1.42 bits per heavy atom. The Labute approximate surface area is 111 Å². The highest BCUT2D eigenvalue weighted by Crippen LogP contribution is 2.17. The smallest absolute Gasteiger partial charge is 0.241 e. The van der Waals surface area contributed by atoms with Gasteiger partial charge in [-0.25, -0.2) is 18.1 Å². The molecule has 0 aliphatic rings. The second-order valence-electron chi connectivity index (χ2n) is 3.86. The first-order chi connectivity index (χ1) is 9.03. The van der Waals surface area contributed by atoms with Gasteiger partial charge in [0.15, 0.2) is 6.39 Å². The zero-order valence-electron chi connectivity index (χ0n) is 10.6. The molecule has 19 heavy (non-hydrogen) atoms. The number of benzene rings is 1. The van der Waals surface area contributed by atoms with Gasteiger partial charge in [-0.05, 0) is 19.1 Å². The van der Waals surface area contributed by atoms with E-state index in [9.17, 15) is 8.42 Å². The monoisotopic (exact) mass is 282 g/mol. The van der Waals surface area contributed by atoms with E-state index in [4.69, 9.17) is 9.15 Å². The number of methoxy groups -OCH3 is 1. The molecule has 0 amide bonds. The van der Waals surface area contributed by atoms with Crippen LogP contribution in [0.4, 0.5) is 0 Å². The predicted molar refractivity (Wildman–Crippen MR) is 68.3 cm³/mol. The largest absolute Gasteiger partial charge is 0.497 e. The number of ether oxygens (including phenoxy) is 1. The Morgan fingerprint density at radius 2 is 2.21 bits per heavy atom. The third kappa shape index (κ3) is 3.12. The van der Waals surface area contributed by atoms with Gasteiger partial charge >= 0.3 is 0 Å². The molecule has 1 aromatic carbocycles. The second kappa shape index (κ2) is 5.41. The van der Waals surface area contributed by atoms with Gasteiger partial charge in [-0.1, -0.05) is 6.07 Å². The molecular weight excluding hydrogens is 268 g/mol. The number of hydrogen-bond acceptors (Lipinski definition) is 5. The van der Waals surface area contributed by atoms with E-state index < -0.39 is 10.0 Å². The zero-order valence-corrected chi connectivity index (χ0v) is 11.4. The molecule has 2 aromatic rings. The van der Waals surface area contributed by atoms with E-state index in [1.54, 1.807) is 19.1 Å². The first-order valence-corrected chi connectivity index (χ1v) is 7.04. The van der Waals surface area contributed by atoms with Crippen LogP contribution in [0.25, 0.3) is 0 Å². The van der Waals surface area contributed by atoms with Gasteiger partial charge in [-0.3, -0.25) is 0 Å². The van der Waals surface area contributed by atoms with Crippen molar-refractivity contribution in [2.24, 2.45) is 0 Å². The summed E-state index contributed by atoms with van der Waals surface area (Å²) in [5.74, 6) is 0.977. The number of aryl methyl sites for hydroxylation is 1. The van der Waals surface area contributed by atoms with Crippen molar-refractivity contribution >= 4 is 10.0 Å². The Balaban J connectivity index is 2.16. The number of nitrogens with zero attached hydrogens (tertiary/aromatic N) is 1. The second-order valence-corrected chi connectivity index (χ2v) is 5.63. The van der Waals surface area contributed by atoms with Crippen molar-refractivity contribution in [3.05, 3.63) is 42.1 Å². The summed E-state index contributed by atoms with van der Waals surface area (Å²) in [6.07, 6.45) is 1.28. The Kier molecular flexibility index (Phi) is 3.87.